The second kappa shape index (κ2) is 9.47. The van der Waals surface area contributed by atoms with Gasteiger partial charge in [-0.05, 0) is 57.0 Å². The van der Waals surface area contributed by atoms with Crippen LogP contribution in [0.15, 0.2) is 163 Å². The number of para-hydroxylation sites is 4. The van der Waals surface area contributed by atoms with Crippen LogP contribution in [0, 0.1) is 0 Å². The second-order valence-corrected chi connectivity index (χ2v) is 12.0. The minimum Gasteiger partial charge on any atom is -0.278 e. The van der Waals surface area contributed by atoms with Crippen molar-refractivity contribution < 1.29 is 37.0 Å². The molecule has 0 unspecified atom stereocenters. The summed E-state index contributed by atoms with van der Waals surface area (Å²) < 4.78 is 244. The molecule has 0 fully saturated rings. The van der Waals surface area contributed by atoms with E-state index in [4.69, 9.17) is 23.3 Å². The average molecular weight is 569 g/mol. The molecule has 0 aliphatic heterocycles. The predicted molar refractivity (Wildman–Crippen MR) is 173 cm³/mol. The molecule has 0 saturated carbocycles. The Morgan fingerprint density at radius 2 is 0.951 bits per heavy atom. The molecule has 0 bridgehead atoms. The Bertz CT molecular complexity index is 3420. The van der Waals surface area contributed by atoms with Crippen molar-refractivity contribution in [3.8, 4) is 5.69 Å². The molecule has 0 aliphatic carbocycles. The normalized spacial score (nSPS) is 21.1. The Hall–Kier alpha value is -5.19. The molecule has 0 aliphatic rings. The summed E-state index contributed by atoms with van der Waals surface area (Å²) in [4.78, 5) is 4.39. The fraction of sp³-hybridized carbons (Fsp3) is 0. The highest BCUT2D eigenvalue weighted by molar-refractivity contribution is 7.19. The summed E-state index contributed by atoms with van der Waals surface area (Å²) in [6.45, 7) is 0. The molecule has 0 atom stereocenters. The van der Waals surface area contributed by atoms with Gasteiger partial charge in [0.2, 0.25) is 5.78 Å². The van der Waals surface area contributed by atoms with Crippen molar-refractivity contribution >= 4 is 56.7 Å². The summed E-state index contributed by atoms with van der Waals surface area (Å²) in [5, 5.41) is -4.52. The number of benzene rings is 6. The van der Waals surface area contributed by atoms with Crippen LogP contribution in [-0.2, 0) is 0 Å². The van der Waals surface area contributed by atoms with Gasteiger partial charge >= 0.3 is 0 Å². The lowest BCUT2D eigenvalue weighted by Gasteiger charge is -2.34. The number of imidazole rings is 2. The highest BCUT2D eigenvalue weighted by atomic mass is 28.3. The number of hydrogen-bond acceptors (Lipinski definition) is 1. The first-order valence-corrected chi connectivity index (χ1v) is 13.8. The Balaban J connectivity index is 1.81. The van der Waals surface area contributed by atoms with Crippen LogP contribution < -0.4 is 20.7 Å². The van der Waals surface area contributed by atoms with Gasteiger partial charge in [-0.15, -0.1) is 0 Å². The molecule has 0 N–H and O–H groups in total. The van der Waals surface area contributed by atoms with Crippen molar-refractivity contribution in [2.75, 3.05) is 0 Å². The Labute approximate surface area is 277 Å². The van der Waals surface area contributed by atoms with Crippen molar-refractivity contribution in [1.82, 2.24) is 14.0 Å². The Kier molecular flexibility index (Phi) is 2.06. The predicted octanol–water partition coefficient (Wildman–Crippen LogP) is 5.81. The van der Waals surface area contributed by atoms with Crippen LogP contribution in [0.1, 0.15) is 37.0 Å². The highest BCUT2D eigenvalue weighted by Gasteiger charge is 2.41. The van der Waals surface area contributed by atoms with Crippen LogP contribution in [0.5, 0.6) is 0 Å². The monoisotopic (exact) mass is 568 g/mol. The summed E-state index contributed by atoms with van der Waals surface area (Å²) in [6.07, 6.45) is 0. The van der Waals surface area contributed by atoms with Gasteiger partial charge < -0.3 is 0 Å². The lowest BCUT2D eigenvalue weighted by atomic mass is 10.2. The van der Waals surface area contributed by atoms with Crippen molar-refractivity contribution in [2.45, 2.75) is 0 Å². The van der Waals surface area contributed by atoms with Crippen molar-refractivity contribution in [3.63, 3.8) is 0 Å². The van der Waals surface area contributed by atoms with E-state index in [1.165, 1.54) is 0 Å². The topological polar surface area (TPSA) is 22.2 Å². The lowest BCUT2D eigenvalue weighted by molar-refractivity contribution is 1.11. The van der Waals surface area contributed by atoms with E-state index in [-0.39, 0.29) is 0 Å². The molecule has 194 valence electrons. The largest absolute Gasteiger partial charge is 0.278 e. The second-order valence-electron chi connectivity index (χ2n) is 8.45. The third kappa shape index (κ3) is 3.54. The lowest BCUT2D eigenvalue weighted by Crippen LogP contribution is -2.74. The molecule has 0 radical (unpaired) electrons. The van der Waals surface area contributed by atoms with Gasteiger partial charge in [0, 0.05) is 5.69 Å². The molecule has 0 saturated heterocycles. The molecule has 2 aromatic heterocycles. The molecule has 3 nitrogen and oxygen atoms in total. The van der Waals surface area contributed by atoms with E-state index in [1.807, 2.05) is 0 Å². The van der Waals surface area contributed by atoms with Gasteiger partial charge in [0.05, 0.1) is 59.1 Å². The summed E-state index contributed by atoms with van der Waals surface area (Å²) in [6, 6.07) is -29.4. The fourth-order valence-corrected chi connectivity index (χ4v) is 8.34. The van der Waals surface area contributed by atoms with Crippen LogP contribution in [0.2, 0.25) is 0 Å². The van der Waals surface area contributed by atoms with Crippen LogP contribution in [0.4, 0.5) is 0 Å². The van der Waals surface area contributed by atoms with E-state index in [9.17, 15) is 13.7 Å². The highest BCUT2D eigenvalue weighted by Crippen LogP contribution is 2.29. The third-order valence-electron chi connectivity index (χ3n) is 6.42. The molecule has 6 aromatic carbocycles. The van der Waals surface area contributed by atoms with E-state index in [2.05, 4.69) is 4.98 Å². The Morgan fingerprint density at radius 3 is 1.56 bits per heavy atom. The minimum atomic E-state index is -6.33. The third-order valence-corrected chi connectivity index (χ3v) is 10.4. The molecule has 8 rings (SSSR count). The first-order valence-electron chi connectivity index (χ1n) is 25.3. The van der Waals surface area contributed by atoms with Gasteiger partial charge in [0.25, 0.3) is 0 Å². The molecule has 41 heavy (non-hydrogen) atoms. The first-order chi connectivity index (χ1) is 31.6. The number of nitrogens with zero attached hydrogens (tertiary/aromatic N) is 3. The van der Waals surface area contributed by atoms with E-state index in [0.29, 0.717) is 4.57 Å². The summed E-state index contributed by atoms with van der Waals surface area (Å²) in [5.74, 6) is -0.667. The SMILES string of the molecule is [2H]c1c([2H])c([2H])c([Si](c2c([2H])c([2H])c([2H])c([2H])c2[2H])(c2c([2H])c([2H])c([2H])c([2H])c2[2H])c2c([2H])c([2H])c([2H])c(-n3c4c([2H])c([2H])c([2H])c([2H])c4n4c5c([2H])c([2H])c([2H])c([2H])c5nc34)c2[2H])c([2H])c1[2H]. The quantitative estimate of drug-likeness (QED) is 0.190. The smallest absolute Gasteiger partial charge is 0.220 e. The Morgan fingerprint density at radius 1 is 0.463 bits per heavy atom. The molecule has 8 aromatic rings. The zero-order valence-corrected chi connectivity index (χ0v) is 21.3. The zero-order chi connectivity index (χ0) is 50.7. The average Bonchev–Trinajstić information content (AvgIpc) is 3.85. The minimum absolute atomic E-state index is 0.470. The summed E-state index contributed by atoms with van der Waals surface area (Å²) >= 11 is 0. The molecule has 0 amide bonds. The maximum Gasteiger partial charge on any atom is 0.220 e. The molecule has 2 heterocycles. The van der Waals surface area contributed by atoms with Crippen LogP contribution in [0.3, 0.4) is 0 Å². The van der Waals surface area contributed by atoms with Gasteiger partial charge in [-0.1, -0.05) is 127 Å². The van der Waals surface area contributed by atoms with Crippen molar-refractivity contribution in [2.24, 2.45) is 0 Å². The van der Waals surface area contributed by atoms with Gasteiger partial charge in [0.1, 0.15) is 0 Å². The molecule has 4 heteroatoms. The standard InChI is InChI=1S/C37H27N3Si/c1-4-16-29(17-5-1)41(30-18-6-2-7-19-30,31-20-8-3-9-21-31)32-22-14-15-28(27-32)39-35-25-12-13-26-36(35)40-34-24-11-10-23-33(34)38-37(39)40/h1-27H/i1D,2D,3D,4D,5D,6D,7D,8D,9D,10D,11D,12D,13D,14D,15D,16D,17D,18D,19D,20D,21D,22D,23D,24D,25D,26D,27D. The van der Waals surface area contributed by atoms with Crippen LogP contribution in [0.25, 0.3) is 33.5 Å². The van der Waals surface area contributed by atoms with Gasteiger partial charge in [-0.3, -0.25) is 8.97 Å². The number of rotatable bonds is 5. The van der Waals surface area contributed by atoms with E-state index in [0.717, 1.165) is 4.40 Å². The van der Waals surface area contributed by atoms with Crippen molar-refractivity contribution in [1.29, 1.82) is 0 Å². The van der Waals surface area contributed by atoms with Crippen LogP contribution in [-0.4, -0.2) is 22.0 Å². The van der Waals surface area contributed by atoms with Gasteiger partial charge in [-0.25, -0.2) is 4.98 Å². The maximum absolute atomic E-state index is 10.2. The molecule has 0 spiro atoms. The summed E-state index contributed by atoms with van der Waals surface area (Å²) in [7, 11) is -6.33. The number of hydrogen-bond donors (Lipinski definition) is 0. The first kappa shape index (κ1) is 8.90. The van der Waals surface area contributed by atoms with E-state index < -0.39 is 225 Å². The summed E-state index contributed by atoms with van der Waals surface area (Å²) in [5.41, 5.74) is -3.22. The number of fused-ring (bicyclic) bond motifs is 5. The van der Waals surface area contributed by atoms with Gasteiger partial charge in [0.15, 0.2) is 8.07 Å². The van der Waals surface area contributed by atoms with Crippen molar-refractivity contribution in [3.05, 3.63) is 163 Å². The molecular formula is C37H27N3Si. The van der Waals surface area contributed by atoms with Gasteiger partial charge in [-0.2, -0.15) is 0 Å². The zero-order valence-electron chi connectivity index (χ0n) is 47.3. The van der Waals surface area contributed by atoms with E-state index >= 15 is 0 Å². The fourth-order valence-electron chi connectivity index (χ4n) is 4.78. The molecular weight excluding hydrogens is 515 g/mol. The van der Waals surface area contributed by atoms with Crippen LogP contribution >= 0.6 is 0 Å². The maximum atomic E-state index is 10.2. The number of aromatic nitrogens is 3. The van der Waals surface area contributed by atoms with E-state index in [1.54, 1.807) is 0 Å².